The van der Waals surface area contributed by atoms with E-state index in [4.69, 9.17) is 0 Å². The summed E-state index contributed by atoms with van der Waals surface area (Å²) in [6.07, 6.45) is 9.39. The number of rotatable bonds is 1. The van der Waals surface area contributed by atoms with Gasteiger partial charge in [0.2, 0.25) is 0 Å². The van der Waals surface area contributed by atoms with Gasteiger partial charge in [0.25, 0.3) is 0 Å². The maximum absolute atomic E-state index is 4.29. The normalized spacial score (nSPS) is 18.0. The first-order valence-electron chi connectivity index (χ1n) is 4.06. The SMILES string of the molecule is C1=C(c2nccs2)CCCC1. The lowest BCUT2D eigenvalue weighted by molar-refractivity contribution is 0.741. The van der Waals surface area contributed by atoms with E-state index in [9.17, 15) is 0 Å². The monoisotopic (exact) mass is 165 g/mol. The Labute approximate surface area is 70.8 Å². The molecule has 0 saturated carbocycles. The Bertz CT molecular complexity index is 249. The second kappa shape index (κ2) is 3.18. The van der Waals surface area contributed by atoms with Gasteiger partial charge in [-0.05, 0) is 31.3 Å². The molecule has 1 aromatic heterocycles. The summed E-state index contributed by atoms with van der Waals surface area (Å²) in [4.78, 5) is 4.29. The third kappa shape index (κ3) is 1.51. The van der Waals surface area contributed by atoms with Crippen molar-refractivity contribution in [1.29, 1.82) is 0 Å². The Balaban J connectivity index is 2.22. The van der Waals surface area contributed by atoms with Gasteiger partial charge < -0.3 is 0 Å². The van der Waals surface area contributed by atoms with Crippen LogP contribution in [0.1, 0.15) is 30.7 Å². The van der Waals surface area contributed by atoms with Crippen molar-refractivity contribution in [2.45, 2.75) is 25.7 Å². The van der Waals surface area contributed by atoms with Crippen LogP contribution in [0.25, 0.3) is 5.57 Å². The number of hydrogen-bond donors (Lipinski definition) is 0. The molecule has 0 atom stereocenters. The molecule has 58 valence electrons. The van der Waals surface area contributed by atoms with Crippen molar-refractivity contribution in [3.8, 4) is 0 Å². The topological polar surface area (TPSA) is 12.9 Å². The molecular weight excluding hydrogens is 154 g/mol. The molecule has 2 heteroatoms. The average Bonchev–Trinajstić information content (AvgIpc) is 2.58. The second-order valence-corrected chi connectivity index (χ2v) is 3.71. The lowest BCUT2D eigenvalue weighted by Gasteiger charge is -2.08. The molecule has 11 heavy (non-hydrogen) atoms. The smallest absolute Gasteiger partial charge is 0.118 e. The minimum absolute atomic E-state index is 1.23. The van der Waals surface area contributed by atoms with E-state index in [1.807, 2.05) is 11.6 Å². The maximum Gasteiger partial charge on any atom is 0.118 e. The Morgan fingerprint density at radius 1 is 1.36 bits per heavy atom. The summed E-state index contributed by atoms with van der Waals surface area (Å²) >= 11 is 1.75. The molecule has 1 aliphatic carbocycles. The quantitative estimate of drug-likeness (QED) is 0.623. The van der Waals surface area contributed by atoms with Crippen LogP contribution in [0, 0.1) is 0 Å². The summed E-state index contributed by atoms with van der Waals surface area (Å²) < 4.78 is 0. The lowest BCUT2D eigenvalue weighted by atomic mass is 10.0. The number of nitrogens with zero attached hydrogens (tertiary/aromatic N) is 1. The van der Waals surface area contributed by atoms with Crippen LogP contribution in [0.15, 0.2) is 17.7 Å². The first-order chi connectivity index (χ1) is 5.47. The van der Waals surface area contributed by atoms with E-state index < -0.39 is 0 Å². The Kier molecular flexibility index (Phi) is 2.04. The van der Waals surface area contributed by atoms with Crippen LogP contribution in [0.3, 0.4) is 0 Å². The average molecular weight is 165 g/mol. The third-order valence-electron chi connectivity index (χ3n) is 2.00. The van der Waals surface area contributed by atoms with Crippen molar-refractivity contribution in [2.75, 3.05) is 0 Å². The van der Waals surface area contributed by atoms with Gasteiger partial charge in [0.05, 0.1) is 0 Å². The molecule has 0 unspecified atom stereocenters. The molecular formula is C9H11NS. The summed E-state index contributed by atoms with van der Waals surface area (Å²) in [6, 6.07) is 0. The molecule has 1 nitrogen and oxygen atoms in total. The van der Waals surface area contributed by atoms with Crippen molar-refractivity contribution in [2.24, 2.45) is 0 Å². The molecule has 0 saturated heterocycles. The van der Waals surface area contributed by atoms with Gasteiger partial charge in [0, 0.05) is 11.6 Å². The van der Waals surface area contributed by atoms with Crippen molar-refractivity contribution < 1.29 is 0 Å². The van der Waals surface area contributed by atoms with E-state index in [0.717, 1.165) is 0 Å². The molecule has 1 aliphatic rings. The van der Waals surface area contributed by atoms with Crippen LogP contribution >= 0.6 is 11.3 Å². The predicted octanol–water partition coefficient (Wildman–Crippen LogP) is 3.10. The fourth-order valence-electron chi connectivity index (χ4n) is 1.41. The predicted molar refractivity (Wildman–Crippen MR) is 48.6 cm³/mol. The number of allylic oxidation sites excluding steroid dienone is 2. The molecule has 0 aromatic carbocycles. The summed E-state index contributed by atoms with van der Waals surface area (Å²) in [7, 11) is 0. The summed E-state index contributed by atoms with van der Waals surface area (Å²) in [5.74, 6) is 0. The van der Waals surface area contributed by atoms with E-state index in [-0.39, 0.29) is 0 Å². The fraction of sp³-hybridized carbons (Fsp3) is 0.444. The molecule has 0 bridgehead atoms. The second-order valence-electron chi connectivity index (χ2n) is 2.81. The summed E-state index contributed by atoms with van der Waals surface area (Å²) in [5, 5.41) is 3.27. The Morgan fingerprint density at radius 2 is 2.36 bits per heavy atom. The van der Waals surface area contributed by atoms with Crippen LogP contribution in [-0.2, 0) is 0 Å². The van der Waals surface area contributed by atoms with Gasteiger partial charge in [-0.15, -0.1) is 11.3 Å². The zero-order valence-corrected chi connectivity index (χ0v) is 7.23. The van der Waals surface area contributed by atoms with Crippen LogP contribution in [0.4, 0.5) is 0 Å². The molecule has 0 amide bonds. The van der Waals surface area contributed by atoms with Crippen LogP contribution < -0.4 is 0 Å². The van der Waals surface area contributed by atoms with Crippen molar-refractivity contribution >= 4 is 16.9 Å². The highest BCUT2D eigenvalue weighted by molar-refractivity contribution is 7.10. The van der Waals surface area contributed by atoms with Gasteiger partial charge >= 0.3 is 0 Å². The minimum atomic E-state index is 1.23. The van der Waals surface area contributed by atoms with Gasteiger partial charge in [0.1, 0.15) is 5.01 Å². The molecule has 0 spiro atoms. The van der Waals surface area contributed by atoms with Gasteiger partial charge in [-0.3, -0.25) is 0 Å². The van der Waals surface area contributed by atoms with E-state index >= 15 is 0 Å². The molecule has 0 fully saturated rings. The Morgan fingerprint density at radius 3 is 3.00 bits per heavy atom. The number of hydrogen-bond acceptors (Lipinski definition) is 2. The molecule has 0 aliphatic heterocycles. The minimum Gasteiger partial charge on any atom is -0.245 e. The standard InChI is InChI=1S/C9H11NS/c1-2-4-8(5-3-1)9-10-6-7-11-9/h4,6-7H,1-3,5H2. The van der Waals surface area contributed by atoms with Gasteiger partial charge in [-0.1, -0.05) is 6.08 Å². The molecule has 0 N–H and O–H groups in total. The van der Waals surface area contributed by atoms with E-state index in [1.54, 1.807) is 11.3 Å². The zero-order chi connectivity index (χ0) is 7.52. The van der Waals surface area contributed by atoms with Crippen molar-refractivity contribution in [1.82, 2.24) is 4.98 Å². The van der Waals surface area contributed by atoms with E-state index in [2.05, 4.69) is 11.1 Å². The van der Waals surface area contributed by atoms with Gasteiger partial charge in [0.15, 0.2) is 0 Å². The van der Waals surface area contributed by atoms with Crippen LogP contribution in [0.2, 0.25) is 0 Å². The fourth-order valence-corrected chi connectivity index (χ4v) is 2.12. The number of thiazole rings is 1. The number of aromatic nitrogens is 1. The summed E-state index contributed by atoms with van der Waals surface area (Å²) in [6.45, 7) is 0. The first kappa shape index (κ1) is 7.04. The van der Waals surface area contributed by atoms with Crippen molar-refractivity contribution in [3.05, 3.63) is 22.7 Å². The summed E-state index contributed by atoms with van der Waals surface area (Å²) in [5.41, 5.74) is 1.46. The Hall–Kier alpha value is -0.630. The highest BCUT2D eigenvalue weighted by Crippen LogP contribution is 2.27. The van der Waals surface area contributed by atoms with Crippen molar-refractivity contribution in [3.63, 3.8) is 0 Å². The molecule has 2 rings (SSSR count). The highest BCUT2D eigenvalue weighted by Gasteiger charge is 2.06. The van der Waals surface area contributed by atoms with Gasteiger partial charge in [-0.25, -0.2) is 4.98 Å². The zero-order valence-electron chi connectivity index (χ0n) is 6.42. The maximum atomic E-state index is 4.29. The lowest BCUT2D eigenvalue weighted by Crippen LogP contribution is -1.90. The van der Waals surface area contributed by atoms with Crippen LogP contribution in [-0.4, -0.2) is 4.98 Å². The van der Waals surface area contributed by atoms with E-state index in [0.29, 0.717) is 0 Å². The molecule has 1 heterocycles. The highest BCUT2D eigenvalue weighted by atomic mass is 32.1. The van der Waals surface area contributed by atoms with Crippen LogP contribution in [0.5, 0.6) is 0 Å². The largest absolute Gasteiger partial charge is 0.245 e. The third-order valence-corrected chi connectivity index (χ3v) is 2.85. The van der Waals surface area contributed by atoms with E-state index in [1.165, 1.54) is 36.3 Å². The molecule has 1 aromatic rings. The first-order valence-corrected chi connectivity index (χ1v) is 4.94. The molecule has 0 radical (unpaired) electrons. The van der Waals surface area contributed by atoms with Gasteiger partial charge in [-0.2, -0.15) is 0 Å².